The van der Waals surface area contributed by atoms with Crippen LogP contribution >= 0.6 is 23.2 Å². The van der Waals surface area contributed by atoms with Gasteiger partial charge in [-0.05, 0) is 60.2 Å². The van der Waals surface area contributed by atoms with E-state index in [0.29, 0.717) is 38.5 Å². The number of phenols is 1. The van der Waals surface area contributed by atoms with Crippen molar-refractivity contribution in [3.63, 3.8) is 0 Å². The lowest BCUT2D eigenvalue weighted by atomic mass is 10.1. The summed E-state index contributed by atoms with van der Waals surface area (Å²) in [6.07, 6.45) is 3.48. The van der Waals surface area contributed by atoms with Gasteiger partial charge < -0.3 is 9.52 Å². The van der Waals surface area contributed by atoms with Gasteiger partial charge in [-0.15, -0.1) is 0 Å². The summed E-state index contributed by atoms with van der Waals surface area (Å²) in [5.41, 5.74) is 3.16. The van der Waals surface area contributed by atoms with Gasteiger partial charge in [-0.2, -0.15) is 0 Å². The molecule has 1 aromatic heterocycles. The van der Waals surface area contributed by atoms with Gasteiger partial charge in [0, 0.05) is 11.1 Å². The van der Waals surface area contributed by atoms with Crippen molar-refractivity contribution in [2.75, 3.05) is 4.90 Å². The Bertz CT molecular complexity index is 1420. The number of phenolic OH excluding ortho intramolecular Hbond substituents is 1. The molecule has 1 aliphatic rings. The first-order valence-electron chi connectivity index (χ1n) is 10.2. The number of anilines is 1. The average Bonchev–Trinajstić information content (AvgIpc) is 3.42. The molecule has 0 aliphatic carbocycles. The van der Waals surface area contributed by atoms with E-state index in [0.717, 1.165) is 11.1 Å². The third-order valence-corrected chi connectivity index (χ3v) is 6.04. The second kappa shape index (κ2) is 8.66. The van der Waals surface area contributed by atoms with Crippen molar-refractivity contribution < 1.29 is 14.3 Å². The predicted molar refractivity (Wildman–Crippen MR) is 132 cm³/mol. The highest BCUT2D eigenvalue weighted by molar-refractivity contribution is 6.42. The minimum absolute atomic E-state index is 0.0221. The van der Waals surface area contributed by atoms with Gasteiger partial charge in [0.15, 0.2) is 0 Å². The maximum absolute atomic E-state index is 13.4. The van der Waals surface area contributed by atoms with Crippen LogP contribution in [0.25, 0.3) is 23.1 Å². The number of rotatable bonds is 4. The van der Waals surface area contributed by atoms with E-state index in [9.17, 15) is 9.90 Å². The van der Waals surface area contributed by atoms with Crippen LogP contribution in [0.15, 0.2) is 101 Å². The van der Waals surface area contributed by atoms with Crippen LogP contribution < -0.4 is 4.90 Å². The second-order valence-electron chi connectivity index (χ2n) is 7.46. The average molecular weight is 474 g/mol. The summed E-state index contributed by atoms with van der Waals surface area (Å²) >= 11 is 12.1. The van der Waals surface area contributed by atoms with Gasteiger partial charge in [-0.25, -0.2) is 0 Å². The zero-order valence-electron chi connectivity index (χ0n) is 17.2. The summed E-state index contributed by atoms with van der Waals surface area (Å²) in [4.78, 5) is 14.9. The van der Waals surface area contributed by atoms with E-state index in [2.05, 4.69) is 0 Å². The normalized spacial score (nSPS) is 14.7. The summed E-state index contributed by atoms with van der Waals surface area (Å²) < 4.78 is 5.95. The molecule has 0 atom stereocenters. The highest BCUT2D eigenvalue weighted by Crippen LogP contribution is 2.39. The van der Waals surface area contributed by atoms with Gasteiger partial charge in [0.25, 0.3) is 5.91 Å². The zero-order valence-corrected chi connectivity index (χ0v) is 18.7. The number of amides is 1. The quantitative estimate of drug-likeness (QED) is 0.313. The van der Waals surface area contributed by atoms with Gasteiger partial charge in [-0.3, -0.25) is 9.69 Å². The van der Waals surface area contributed by atoms with E-state index in [1.54, 1.807) is 54.6 Å². The Morgan fingerprint density at radius 3 is 2.33 bits per heavy atom. The molecule has 4 aromatic rings. The third-order valence-electron chi connectivity index (χ3n) is 5.30. The van der Waals surface area contributed by atoms with E-state index < -0.39 is 0 Å². The largest absolute Gasteiger partial charge is 0.506 e. The molecule has 0 spiro atoms. The van der Waals surface area contributed by atoms with E-state index in [-0.39, 0.29) is 11.7 Å². The number of para-hydroxylation sites is 2. The molecule has 6 heteroatoms. The van der Waals surface area contributed by atoms with Gasteiger partial charge in [0.05, 0.1) is 21.4 Å². The van der Waals surface area contributed by atoms with Crippen molar-refractivity contribution in [1.29, 1.82) is 0 Å². The first-order valence-corrected chi connectivity index (χ1v) is 10.9. The number of hydrogen-bond donors (Lipinski definition) is 1. The predicted octanol–water partition coefficient (Wildman–Crippen LogP) is 7.43. The fourth-order valence-corrected chi connectivity index (χ4v) is 4.02. The molecule has 3 aromatic carbocycles. The van der Waals surface area contributed by atoms with E-state index in [1.165, 1.54) is 4.90 Å². The molecule has 0 unspecified atom stereocenters. The Morgan fingerprint density at radius 1 is 0.818 bits per heavy atom. The summed E-state index contributed by atoms with van der Waals surface area (Å²) in [5, 5.41) is 11.3. The van der Waals surface area contributed by atoms with Gasteiger partial charge in [0.1, 0.15) is 17.3 Å². The van der Waals surface area contributed by atoms with Crippen LogP contribution in [0.4, 0.5) is 5.69 Å². The van der Waals surface area contributed by atoms with Crippen molar-refractivity contribution in [3.8, 4) is 17.1 Å². The Kier molecular flexibility index (Phi) is 5.55. The Hall–Kier alpha value is -3.73. The molecule has 162 valence electrons. The van der Waals surface area contributed by atoms with E-state index in [4.69, 9.17) is 27.6 Å². The van der Waals surface area contributed by atoms with E-state index in [1.807, 2.05) is 42.5 Å². The van der Waals surface area contributed by atoms with Crippen molar-refractivity contribution in [1.82, 2.24) is 0 Å². The molecule has 0 fully saturated rings. The zero-order chi connectivity index (χ0) is 22.9. The summed E-state index contributed by atoms with van der Waals surface area (Å²) in [7, 11) is 0. The summed E-state index contributed by atoms with van der Waals surface area (Å²) in [6, 6.07) is 25.2. The molecule has 0 saturated carbocycles. The molecule has 33 heavy (non-hydrogen) atoms. The smallest absolute Gasteiger partial charge is 0.263 e. The van der Waals surface area contributed by atoms with Crippen LogP contribution in [0, 0.1) is 0 Å². The van der Waals surface area contributed by atoms with Crippen molar-refractivity contribution >= 4 is 46.6 Å². The minimum Gasteiger partial charge on any atom is -0.506 e. The maximum atomic E-state index is 13.4. The fraction of sp³-hybridized carbons (Fsp3) is 0. The topological polar surface area (TPSA) is 53.7 Å². The lowest BCUT2D eigenvalue weighted by Gasteiger charge is -2.21. The lowest BCUT2D eigenvalue weighted by molar-refractivity contribution is -0.113. The Balaban J connectivity index is 1.55. The van der Waals surface area contributed by atoms with Crippen LogP contribution in [0.2, 0.25) is 10.0 Å². The molecular weight excluding hydrogens is 457 g/mol. The number of carbonyl (C=O) groups is 1. The van der Waals surface area contributed by atoms with Crippen molar-refractivity contribution in [2.45, 2.75) is 0 Å². The number of nitrogens with zero attached hydrogens (tertiary/aromatic N) is 1. The molecule has 1 aliphatic heterocycles. The maximum Gasteiger partial charge on any atom is 0.263 e. The van der Waals surface area contributed by atoms with Crippen LogP contribution in [-0.2, 0) is 4.79 Å². The number of hydrogen-bond acceptors (Lipinski definition) is 3. The highest BCUT2D eigenvalue weighted by Gasteiger charge is 2.32. The first kappa shape index (κ1) is 21.1. The number of furan rings is 1. The Morgan fingerprint density at radius 2 is 1.58 bits per heavy atom. The van der Waals surface area contributed by atoms with Crippen LogP contribution in [0.5, 0.6) is 5.75 Å². The number of halogens is 2. The van der Waals surface area contributed by atoms with Crippen LogP contribution in [-0.4, -0.2) is 11.0 Å². The lowest BCUT2D eigenvalue weighted by Crippen LogP contribution is -2.25. The second-order valence-corrected chi connectivity index (χ2v) is 8.27. The standard InChI is InChI=1S/C27H17Cl2NO3/c28-21-12-10-18(15-22(21)29)26-13-11-20(33-26)14-19-16-24(17-6-2-1-3-7-17)30(27(19)32)23-8-4-5-9-25(23)31/h1-16,31H. The van der Waals surface area contributed by atoms with Gasteiger partial charge >= 0.3 is 0 Å². The van der Waals surface area contributed by atoms with Crippen LogP contribution in [0.1, 0.15) is 11.3 Å². The molecule has 1 amide bonds. The molecular formula is C27H17Cl2NO3. The summed E-state index contributed by atoms with van der Waals surface area (Å²) in [6.45, 7) is 0. The molecule has 0 bridgehead atoms. The molecule has 0 saturated heterocycles. The highest BCUT2D eigenvalue weighted by atomic mass is 35.5. The molecule has 2 heterocycles. The number of carbonyl (C=O) groups excluding carboxylic acids is 1. The van der Waals surface area contributed by atoms with Crippen molar-refractivity contribution in [3.05, 3.63) is 118 Å². The fourth-order valence-electron chi connectivity index (χ4n) is 3.72. The van der Waals surface area contributed by atoms with Crippen LogP contribution in [0.3, 0.4) is 0 Å². The summed E-state index contributed by atoms with van der Waals surface area (Å²) in [5.74, 6) is 0.884. The third kappa shape index (κ3) is 4.07. The SMILES string of the molecule is O=C1C(=Cc2ccc(-c3ccc(Cl)c(Cl)c3)o2)C=C(c2ccccc2)N1c1ccccc1O. The number of benzene rings is 3. The minimum atomic E-state index is -0.261. The monoisotopic (exact) mass is 473 g/mol. The molecule has 0 radical (unpaired) electrons. The van der Waals surface area contributed by atoms with Gasteiger partial charge in [-0.1, -0.05) is 65.7 Å². The number of aromatic hydroxyl groups is 1. The first-order chi connectivity index (χ1) is 16.0. The van der Waals surface area contributed by atoms with Gasteiger partial charge in [0.2, 0.25) is 0 Å². The van der Waals surface area contributed by atoms with Crippen molar-refractivity contribution in [2.24, 2.45) is 0 Å². The Labute approximate surface area is 200 Å². The van der Waals surface area contributed by atoms with E-state index >= 15 is 0 Å². The molecule has 4 nitrogen and oxygen atoms in total. The molecule has 1 N–H and O–H groups in total. The molecule has 5 rings (SSSR count).